The Hall–Kier alpha value is -2.92. The third-order valence-electron chi connectivity index (χ3n) is 4.35. The molecule has 0 aliphatic rings. The molecule has 3 nitrogen and oxygen atoms in total. The molecule has 29 heavy (non-hydrogen) atoms. The summed E-state index contributed by atoms with van der Waals surface area (Å²) in [5.74, 6) is 0.508. The molecule has 0 fully saturated rings. The van der Waals surface area contributed by atoms with Gasteiger partial charge in [0.1, 0.15) is 11.6 Å². The van der Waals surface area contributed by atoms with Crippen molar-refractivity contribution in [3.63, 3.8) is 0 Å². The number of aryl methyl sites for hydroxylation is 1. The topological polar surface area (TPSA) is 30.7 Å². The van der Waals surface area contributed by atoms with E-state index >= 15 is 0 Å². The van der Waals surface area contributed by atoms with Crippen molar-refractivity contribution >= 4 is 11.8 Å². The van der Waals surface area contributed by atoms with Crippen LogP contribution in [-0.4, -0.2) is 20.8 Å². The molecule has 0 saturated heterocycles. The second-order valence-electron chi connectivity index (χ2n) is 6.21. The Morgan fingerprint density at radius 2 is 1.55 bits per heavy atom. The van der Waals surface area contributed by atoms with Crippen LogP contribution in [0, 0.1) is 12.7 Å². The van der Waals surface area contributed by atoms with Gasteiger partial charge in [0.2, 0.25) is 0 Å². The number of rotatable bonds is 4. The van der Waals surface area contributed by atoms with Gasteiger partial charge in [-0.15, -0.1) is 11.8 Å². The maximum Gasteiger partial charge on any atom is 0.145 e. The van der Waals surface area contributed by atoms with Crippen LogP contribution < -0.4 is 0 Å². The van der Waals surface area contributed by atoms with Gasteiger partial charge in [-0.1, -0.05) is 26.0 Å². The molecule has 0 unspecified atom stereocenters. The standard InChI is InChI=1S/C22H18FN3S.C2H6/c1-15-13-19(11-12-24-15)26-14-21(16-5-9-20(27-2)10-6-16)25-22(26)17-3-7-18(23)8-4-17;1-2/h3-14H,1-2H3;1-2H3. The zero-order valence-electron chi connectivity index (χ0n) is 17.1. The summed E-state index contributed by atoms with van der Waals surface area (Å²) in [5.41, 5.74) is 4.67. The van der Waals surface area contributed by atoms with Gasteiger partial charge < -0.3 is 0 Å². The minimum Gasteiger partial charge on any atom is -0.299 e. The van der Waals surface area contributed by atoms with Crippen molar-refractivity contribution in [2.45, 2.75) is 25.7 Å². The summed E-state index contributed by atoms with van der Waals surface area (Å²) in [5, 5.41) is 0. The van der Waals surface area contributed by atoms with Crippen LogP contribution in [0.2, 0.25) is 0 Å². The summed E-state index contributed by atoms with van der Waals surface area (Å²) in [6.45, 7) is 5.96. The molecule has 2 aromatic carbocycles. The van der Waals surface area contributed by atoms with E-state index in [4.69, 9.17) is 4.98 Å². The van der Waals surface area contributed by atoms with Gasteiger partial charge in [0.15, 0.2) is 0 Å². The molecule has 4 aromatic rings. The molecule has 0 radical (unpaired) electrons. The molecule has 0 aliphatic carbocycles. The molecule has 148 valence electrons. The molecule has 4 rings (SSSR count). The van der Waals surface area contributed by atoms with Crippen molar-refractivity contribution in [3.05, 3.63) is 84.6 Å². The first-order chi connectivity index (χ1) is 14.1. The molecule has 0 aliphatic heterocycles. The third kappa shape index (κ3) is 4.74. The van der Waals surface area contributed by atoms with Crippen LogP contribution in [0.4, 0.5) is 4.39 Å². The second-order valence-corrected chi connectivity index (χ2v) is 7.09. The summed E-state index contributed by atoms with van der Waals surface area (Å²) < 4.78 is 15.4. The van der Waals surface area contributed by atoms with Crippen molar-refractivity contribution in [2.75, 3.05) is 6.26 Å². The minimum absolute atomic E-state index is 0.260. The van der Waals surface area contributed by atoms with E-state index in [1.807, 2.05) is 43.7 Å². The van der Waals surface area contributed by atoms with E-state index in [9.17, 15) is 4.39 Å². The molecule has 0 spiro atoms. The van der Waals surface area contributed by atoms with Crippen molar-refractivity contribution < 1.29 is 4.39 Å². The van der Waals surface area contributed by atoms with Crippen LogP contribution >= 0.6 is 11.8 Å². The highest BCUT2D eigenvalue weighted by Crippen LogP contribution is 2.29. The number of imidazole rings is 1. The van der Waals surface area contributed by atoms with Gasteiger partial charge in [-0.2, -0.15) is 0 Å². The van der Waals surface area contributed by atoms with Crippen LogP contribution in [-0.2, 0) is 0 Å². The van der Waals surface area contributed by atoms with E-state index in [0.717, 1.165) is 34.0 Å². The van der Waals surface area contributed by atoms with Crippen LogP contribution in [0.5, 0.6) is 0 Å². The molecule has 2 heterocycles. The molecular formula is C24H24FN3S. The van der Waals surface area contributed by atoms with Crippen molar-refractivity contribution in [1.82, 2.24) is 14.5 Å². The van der Waals surface area contributed by atoms with Crippen LogP contribution in [0.1, 0.15) is 19.5 Å². The predicted molar refractivity (Wildman–Crippen MR) is 120 cm³/mol. The van der Waals surface area contributed by atoms with Crippen molar-refractivity contribution in [2.24, 2.45) is 0 Å². The molecule has 0 bridgehead atoms. The molecule has 2 aromatic heterocycles. The van der Waals surface area contributed by atoms with Gasteiger partial charge in [0.05, 0.1) is 11.4 Å². The Morgan fingerprint density at radius 1 is 0.897 bits per heavy atom. The molecule has 5 heteroatoms. The van der Waals surface area contributed by atoms with Gasteiger partial charge in [-0.25, -0.2) is 9.37 Å². The van der Waals surface area contributed by atoms with Crippen molar-refractivity contribution in [3.8, 4) is 28.3 Å². The SMILES string of the molecule is CC.CSc1ccc(-c2cn(-c3ccnc(C)c3)c(-c3ccc(F)cc3)n2)cc1. The Kier molecular flexibility index (Phi) is 6.83. The predicted octanol–water partition coefficient (Wildman–Crippen LogP) is 6.80. The van der Waals surface area contributed by atoms with E-state index in [0.29, 0.717) is 0 Å². The zero-order chi connectivity index (χ0) is 20.8. The maximum atomic E-state index is 13.4. The highest BCUT2D eigenvalue weighted by molar-refractivity contribution is 7.98. The first-order valence-corrected chi connectivity index (χ1v) is 10.8. The number of halogens is 1. The highest BCUT2D eigenvalue weighted by atomic mass is 32.2. The minimum atomic E-state index is -0.260. The smallest absolute Gasteiger partial charge is 0.145 e. The fraction of sp³-hybridized carbons (Fsp3) is 0.167. The lowest BCUT2D eigenvalue weighted by atomic mass is 10.2. The number of nitrogens with zero attached hydrogens (tertiary/aromatic N) is 3. The maximum absolute atomic E-state index is 13.4. The van der Waals surface area contributed by atoms with E-state index in [-0.39, 0.29) is 5.82 Å². The quantitative estimate of drug-likeness (QED) is 0.350. The highest BCUT2D eigenvalue weighted by Gasteiger charge is 2.14. The van der Waals surface area contributed by atoms with Gasteiger partial charge in [0.25, 0.3) is 0 Å². The van der Waals surface area contributed by atoms with E-state index < -0.39 is 0 Å². The number of hydrogen-bond acceptors (Lipinski definition) is 3. The molecule has 0 N–H and O–H groups in total. The molecule has 0 atom stereocenters. The van der Waals surface area contributed by atoms with Gasteiger partial charge >= 0.3 is 0 Å². The average molecular weight is 406 g/mol. The lowest BCUT2D eigenvalue weighted by Gasteiger charge is -2.08. The fourth-order valence-electron chi connectivity index (χ4n) is 2.96. The van der Waals surface area contributed by atoms with Crippen LogP contribution in [0.3, 0.4) is 0 Å². The zero-order valence-corrected chi connectivity index (χ0v) is 17.9. The van der Waals surface area contributed by atoms with Gasteiger partial charge in [-0.05, 0) is 61.7 Å². The summed E-state index contributed by atoms with van der Waals surface area (Å²) in [6.07, 6.45) is 5.86. The summed E-state index contributed by atoms with van der Waals surface area (Å²) >= 11 is 1.71. The average Bonchev–Trinajstić information content (AvgIpc) is 3.21. The van der Waals surface area contributed by atoms with Crippen LogP contribution in [0.15, 0.2) is 78.0 Å². The second kappa shape index (κ2) is 9.52. The first-order valence-electron chi connectivity index (χ1n) is 9.57. The lowest BCUT2D eigenvalue weighted by Crippen LogP contribution is -1.97. The number of benzene rings is 2. The fourth-order valence-corrected chi connectivity index (χ4v) is 3.37. The number of hydrogen-bond donors (Lipinski definition) is 0. The Labute approximate surface area is 175 Å². The Morgan fingerprint density at radius 3 is 2.17 bits per heavy atom. The van der Waals surface area contributed by atoms with Crippen molar-refractivity contribution in [1.29, 1.82) is 0 Å². The van der Waals surface area contributed by atoms with Gasteiger partial charge in [0, 0.05) is 34.1 Å². The molecule has 0 amide bonds. The summed E-state index contributed by atoms with van der Waals surface area (Å²) in [4.78, 5) is 10.3. The first kappa shape index (κ1) is 20.8. The summed E-state index contributed by atoms with van der Waals surface area (Å²) in [7, 11) is 0. The number of aromatic nitrogens is 3. The monoisotopic (exact) mass is 405 g/mol. The number of pyridine rings is 1. The number of thioether (sulfide) groups is 1. The van der Waals surface area contributed by atoms with E-state index in [1.165, 1.54) is 17.0 Å². The summed E-state index contributed by atoms with van der Waals surface area (Å²) in [6, 6.07) is 18.7. The Balaban J connectivity index is 0.00000117. The molecule has 0 saturated carbocycles. The van der Waals surface area contributed by atoms with Gasteiger partial charge in [-0.3, -0.25) is 9.55 Å². The normalized spacial score (nSPS) is 10.4. The molecular weight excluding hydrogens is 381 g/mol. The lowest BCUT2D eigenvalue weighted by molar-refractivity contribution is 0.628. The van der Waals surface area contributed by atoms with E-state index in [1.54, 1.807) is 30.1 Å². The largest absolute Gasteiger partial charge is 0.299 e. The third-order valence-corrected chi connectivity index (χ3v) is 5.10. The Bertz CT molecular complexity index is 1070. The van der Waals surface area contributed by atoms with Crippen LogP contribution in [0.25, 0.3) is 28.3 Å². The van der Waals surface area contributed by atoms with E-state index in [2.05, 4.69) is 35.5 Å².